The standard InChI is InChI=1S/C11H20N4O2/c1-3-6-17-11-9(12)10(14-8-15-11)13-5-7-16-4-2/h8H,3-7,12H2,1-2H3,(H,13,14,15). The third kappa shape index (κ3) is 4.44. The monoisotopic (exact) mass is 240 g/mol. The van der Waals surface area contributed by atoms with Gasteiger partial charge < -0.3 is 20.5 Å². The number of hydrogen-bond acceptors (Lipinski definition) is 6. The molecule has 0 radical (unpaired) electrons. The maximum atomic E-state index is 5.89. The molecular weight excluding hydrogens is 220 g/mol. The Labute approximate surface area is 102 Å². The minimum Gasteiger partial charge on any atom is -0.476 e. The molecule has 0 saturated carbocycles. The zero-order valence-corrected chi connectivity index (χ0v) is 10.4. The van der Waals surface area contributed by atoms with Gasteiger partial charge in [0.25, 0.3) is 0 Å². The van der Waals surface area contributed by atoms with Crippen LogP contribution in [0.3, 0.4) is 0 Å². The first-order chi connectivity index (χ1) is 8.29. The van der Waals surface area contributed by atoms with Crippen LogP contribution in [0.25, 0.3) is 0 Å². The molecule has 0 aliphatic heterocycles. The molecule has 0 aromatic carbocycles. The zero-order chi connectivity index (χ0) is 12.5. The molecule has 0 spiro atoms. The van der Waals surface area contributed by atoms with Crippen molar-refractivity contribution in [1.29, 1.82) is 0 Å². The Hall–Kier alpha value is -1.56. The summed E-state index contributed by atoms with van der Waals surface area (Å²) >= 11 is 0. The second-order valence-electron chi connectivity index (χ2n) is 3.41. The fourth-order valence-corrected chi connectivity index (χ4v) is 1.22. The number of ether oxygens (including phenoxy) is 2. The maximum absolute atomic E-state index is 5.89. The number of anilines is 2. The third-order valence-electron chi connectivity index (χ3n) is 2.03. The van der Waals surface area contributed by atoms with E-state index in [4.69, 9.17) is 15.2 Å². The molecule has 1 heterocycles. The van der Waals surface area contributed by atoms with E-state index >= 15 is 0 Å². The van der Waals surface area contributed by atoms with Crippen LogP contribution in [0.1, 0.15) is 20.3 Å². The van der Waals surface area contributed by atoms with E-state index in [9.17, 15) is 0 Å². The quantitative estimate of drug-likeness (QED) is 0.666. The summed E-state index contributed by atoms with van der Waals surface area (Å²) in [6.07, 6.45) is 2.35. The van der Waals surface area contributed by atoms with Crippen LogP contribution < -0.4 is 15.8 Å². The predicted molar refractivity (Wildman–Crippen MR) is 67.2 cm³/mol. The van der Waals surface area contributed by atoms with Crippen LogP contribution in [0.15, 0.2) is 6.33 Å². The SMILES string of the molecule is CCCOc1ncnc(NCCOCC)c1N. The van der Waals surface area contributed by atoms with Crippen LogP contribution in [0.4, 0.5) is 11.5 Å². The largest absolute Gasteiger partial charge is 0.476 e. The summed E-state index contributed by atoms with van der Waals surface area (Å²) in [5, 5.41) is 3.08. The first kappa shape index (κ1) is 13.5. The van der Waals surface area contributed by atoms with Gasteiger partial charge in [0.2, 0.25) is 5.88 Å². The number of aromatic nitrogens is 2. The topological polar surface area (TPSA) is 82.3 Å². The van der Waals surface area contributed by atoms with E-state index in [0.29, 0.717) is 43.8 Å². The Morgan fingerprint density at radius 3 is 2.82 bits per heavy atom. The molecule has 0 aliphatic carbocycles. The summed E-state index contributed by atoms with van der Waals surface area (Å²) in [5.41, 5.74) is 6.33. The fraction of sp³-hybridized carbons (Fsp3) is 0.636. The van der Waals surface area contributed by atoms with Crippen molar-refractivity contribution in [1.82, 2.24) is 9.97 Å². The summed E-state index contributed by atoms with van der Waals surface area (Å²) in [7, 11) is 0. The van der Waals surface area contributed by atoms with E-state index < -0.39 is 0 Å². The lowest BCUT2D eigenvalue weighted by molar-refractivity contribution is 0.158. The van der Waals surface area contributed by atoms with Crippen molar-refractivity contribution in [3.63, 3.8) is 0 Å². The minimum atomic E-state index is 0.431. The summed E-state index contributed by atoms with van der Waals surface area (Å²) in [5.74, 6) is 1.02. The Morgan fingerprint density at radius 2 is 2.12 bits per heavy atom. The summed E-state index contributed by atoms with van der Waals surface area (Å²) in [4.78, 5) is 8.05. The molecule has 6 nitrogen and oxygen atoms in total. The minimum absolute atomic E-state index is 0.431. The molecule has 1 aromatic rings. The molecule has 0 bridgehead atoms. The van der Waals surface area contributed by atoms with Crippen LogP contribution in [0.2, 0.25) is 0 Å². The van der Waals surface area contributed by atoms with Crippen LogP contribution in [0, 0.1) is 0 Å². The van der Waals surface area contributed by atoms with Gasteiger partial charge in [0.05, 0.1) is 13.2 Å². The molecule has 0 unspecified atom stereocenters. The van der Waals surface area contributed by atoms with E-state index in [1.165, 1.54) is 6.33 Å². The zero-order valence-electron chi connectivity index (χ0n) is 10.4. The van der Waals surface area contributed by atoms with Gasteiger partial charge in [-0.15, -0.1) is 0 Å². The van der Waals surface area contributed by atoms with E-state index in [1.807, 2.05) is 13.8 Å². The highest BCUT2D eigenvalue weighted by Crippen LogP contribution is 2.24. The smallest absolute Gasteiger partial charge is 0.242 e. The van der Waals surface area contributed by atoms with E-state index in [0.717, 1.165) is 6.42 Å². The van der Waals surface area contributed by atoms with Crippen molar-refractivity contribution in [2.45, 2.75) is 20.3 Å². The van der Waals surface area contributed by atoms with E-state index in [1.54, 1.807) is 0 Å². The van der Waals surface area contributed by atoms with E-state index in [2.05, 4.69) is 15.3 Å². The number of nitrogens with one attached hydrogen (secondary N) is 1. The Kier molecular flexibility index (Phi) is 6.09. The fourth-order valence-electron chi connectivity index (χ4n) is 1.22. The lowest BCUT2D eigenvalue weighted by Gasteiger charge is -2.11. The van der Waals surface area contributed by atoms with Gasteiger partial charge in [0.1, 0.15) is 12.0 Å². The van der Waals surface area contributed by atoms with Crippen LogP contribution in [-0.4, -0.2) is 36.3 Å². The average Bonchev–Trinajstić information content (AvgIpc) is 2.35. The van der Waals surface area contributed by atoms with Crippen molar-refractivity contribution < 1.29 is 9.47 Å². The third-order valence-corrected chi connectivity index (χ3v) is 2.03. The first-order valence-corrected chi connectivity index (χ1v) is 5.84. The van der Waals surface area contributed by atoms with Crippen molar-refractivity contribution >= 4 is 11.5 Å². The molecule has 0 atom stereocenters. The second-order valence-corrected chi connectivity index (χ2v) is 3.41. The van der Waals surface area contributed by atoms with Crippen molar-refractivity contribution in [3.8, 4) is 5.88 Å². The lowest BCUT2D eigenvalue weighted by Crippen LogP contribution is -2.13. The highest BCUT2D eigenvalue weighted by molar-refractivity contribution is 5.66. The average molecular weight is 240 g/mol. The Bertz CT molecular complexity index is 333. The van der Waals surface area contributed by atoms with Crippen molar-refractivity contribution in [3.05, 3.63) is 6.33 Å². The summed E-state index contributed by atoms with van der Waals surface area (Å²) in [6, 6.07) is 0. The number of nitrogen functional groups attached to an aromatic ring is 1. The molecule has 1 rings (SSSR count). The van der Waals surface area contributed by atoms with Gasteiger partial charge in [-0.05, 0) is 13.3 Å². The van der Waals surface area contributed by atoms with Gasteiger partial charge in [-0.3, -0.25) is 0 Å². The highest BCUT2D eigenvalue weighted by Gasteiger charge is 2.08. The Balaban J connectivity index is 2.53. The predicted octanol–water partition coefficient (Wildman–Crippen LogP) is 1.30. The van der Waals surface area contributed by atoms with Gasteiger partial charge in [0, 0.05) is 13.2 Å². The number of nitrogens with zero attached hydrogens (tertiary/aromatic N) is 2. The van der Waals surface area contributed by atoms with Gasteiger partial charge in [-0.25, -0.2) is 4.98 Å². The molecule has 0 aliphatic rings. The molecule has 0 amide bonds. The van der Waals surface area contributed by atoms with Gasteiger partial charge in [-0.2, -0.15) is 4.98 Å². The molecule has 1 aromatic heterocycles. The molecule has 17 heavy (non-hydrogen) atoms. The van der Waals surface area contributed by atoms with Gasteiger partial charge in [0.15, 0.2) is 5.82 Å². The molecule has 3 N–H and O–H groups in total. The number of nitrogens with two attached hydrogens (primary N) is 1. The van der Waals surface area contributed by atoms with Crippen LogP contribution >= 0.6 is 0 Å². The summed E-state index contributed by atoms with van der Waals surface area (Å²) in [6.45, 7) is 6.55. The normalized spacial score (nSPS) is 10.2. The Morgan fingerprint density at radius 1 is 1.29 bits per heavy atom. The lowest BCUT2D eigenvalue weighted by atomic mass is 10.4. The van der Waals surface area contributed by atoms with E-state index in [-0.39, 0.29) is 0 Å². The van der Waals surface area contributed by atoms with Crippen molar-refractivity contribution in [2.24, 2.45) is 0 Å². The summed E-state index contributed by atoms with van der Waals surface area (Å²) < 4.78 is 10.6. The van der Waals surface area contributed by atoms with Crippen LogP contribution in [0.5, 0.6) is 5.88 Å². The van der Waals surface area contributed by atoms with Crippen LogP contribution in [-0.2, 0) is 4.74 Å². The molecule has 6 heteroatoms. The molecular formula is C11H20N4O2. The van der Waals surface area contributed by atoms with Gasteiger partial charge in [-0.1, -0.05) is 6.92 Å². The van der Waals surface area contributed by atoms with Crippen molar-refractivity contribution in [2.75, 3.05) is 37.4 Å². The maximum Gasteiger partial charge on any atom is 0.242 e. The first-order valence-electron chi connectivity index (χ1n) is 5.84. The second kappa shape index (κ2) is 7.67. The number of rotatable bonds is 8. The molecule has 0 fully saturated rings. The molecule has 0 saturated heterocycles. The molecule has 96 valence electrons. The highest BCUT2D eigenvalue weighted by atomic mass is 16.5. The van der Waals surface area contributed by atoms with Gasteiger partial charge >= 0.3 is 0 Å². The number of hydrogen-bond donors (Lipinski definition) is 2.